The number of hydrogen-bond acceptors (Lipinski definition) is 7. The Bertz CT molecular complexity index is 929. The summed E-state index contributed by atoms with van der Waals surface area (Å²) < 4.78 is 35.4. The van der Waals surface area contributed by atoms with Gasteiger partial charge in [-0.3, -0.25) is 4.79 Å². The Morgan fingerprint density at radius 3 is 2.72 bits per heavy atom. The molecule has 0 spiro atoms. The number of benzene rings is 1. The minimum atomic E-state index is -3.49. The maximum atomic E-state index is 12.8. The number of methoxy groups -OCH3 is 1. The van der Waals surface area contributed by atoms with E-state index in [1.54, 1.807) is 49.3 Å². The van der Waals surface area contributed by atoms with E-state index in [1.165, 1.54) is 0 Å². The van der Waals surface area contributed by atoms with Crippen LogP contribution in [0, 0.1) is 6.92 Å². The minimum absolute atomic E-state index is 0.0527. The van der Waals surface area contributed by atoms with Crippen LogP contribution in [-0.4, -0.2) is 61.9 Å². The third-order valence-electron chi connectivity index (χ3n) is 5.40. The van der Waals surface area contributed by atoms with Gasteiger partial charge in [0, 0.05) is 40.2 Å². The number of aryl methyl sites for hydroxylation is 1. The van der Waals surface area contributed by atoms with Gasteiger partial charge in [0.15, 0.2) is 15.7 Å². The Hall–Kier alpha value is -2.26. The van der Waals surface area contributed by atoms with E-state index in [9.17, 15) is 13.2 Å². The summed E-state index contributed by atoms with van der Waals surface area (Å²) in [6.45, 7) is 3.27. The van der Waals surface area contributed by atoms with Crippen LogP contribution in [0.5, 0.6) is 0 Å². The van der Waals surface area contributed by atoms with Gasteiger partial charge < -0.3 is 14.2 Å². The zero-order chi connectivity index (χ0) is 20.9. The molecule has 1 unspecified atom stereocenters. The summed E-state index contributed by atoms with van der Waals surface area (Å²) in [5.41, 5.74) is -0.444. The number of likely N-dealkylation sites (tertiary alicyclic amines) is 1. The molecule has 3 rings (SSSR count). The van der Waals surface area contributed by atoms with E-state index in [0.717, 1.165) is 12.8 Å². The molecule has 1 saturated heterocycles. The number of aromatic nitrogens is 2. The lowest BCUT2D eigenvalue weighted by atomic mass is 9.76. The largest absolute Gasteiger partial charge is 0.385 e. The van der Waals surface area contributed by atoms with Crippen LogP contribution in [0.4, 0.5) is 0 Å². The van der Waals surface area contributed by atoms with Gasteiger partial charge in [-0.25, -0.2) is 8.42 Å². The van der Waals surface area contributed by atoms with E-state index in [2.05, 4.69) is 10.1 Å². The van der Waals surface area contributed by atoms with Crippen LogP contribution in [-0.2, 0) is 24.8 Å². The quantitative estimate of drug-likeness (QED) is 0.643. The minimum Gasteiger partial charge on any atom is -0.385 e. The van der Waals surface area contributed by atoms with Crippen molar-refractivity contribution in [1.29, 1.82) is 0 Å². The topological polar surface area (TPSA) is 103 Å². The highest BCUT2D eigenvalue weighted by Crippen LogP contribution is 2.36. The number of piperidine rings is 1. The number of nitrogens with zero attached hydrogens (tertiary/aromatic N) is 3. The van der Waals surface area contributed by atoms with Crippen LogP contribution < -0.4 is 0 Å². The molecule has 8 nitrogen and oxygen atoms in total. The zero-order valence-corrected chi connectivity index (χ0v) is 17.7. The highest BCUT2D eigenvalue weighted by molar-refractivity contribution is 7.91. The van der Waals surface area contributed by atoms with Gasteiger partial charge in [-0.05, 0) is 31.4 Å². The lowest BCUT2D eigenvalue weighted by Gasteiger charge is -2.41. The van der Waals surface area contributed by atoms with Crippen LogP contribution >= 0.6 is 0 Å². The Labute approximate surface area is 171 Å². The van der Waals surface area contributed by atoms with E-state index in [0.29, 0.717) is 37.8 Å². The molecule has 0 N–H and O–H groups in total. The molecule has 9 heteroatoms. The lowest BCUT2D eigenvalue weighted by Crippen LogP contribution is -2.49. The molecule has 29 heavy (non-hydrogen) atoms. The number of carbonyl (C=O) groups excluding carboxylic acids is 1. The Kier molecular flexibility index (Phi) is 6.69. The van der Waals surface area contributed by atoms with Crippen LogP contribution in [0.3, 0.4) is 0 Å². The average Bonchev–Trinajstić information content (AvgIpc) is 3.18. The molecular formula is C20H27N3O5S. The monoisotopic (exact) mass is 421 g/mol. The van der Waals surface area contributed by atoms with Gasteiger partial charge in [-0.15, -0.1) is 0 Å². The van der Waals surface area contributed by atoms with Crippen LogP contribution in [0.2, 0.25) is 0 Å². The summed E-state index contributed by atoms with van der Waals surface area (Å²) in [7, 11) is -1.86. The van der Waals surface area contributed by atoms with Crippen molar-refractivity contribution in [3.63, 3.8) is 0 Å². The van der Waals surface area contributed by atoms with Gasteiger partial charge in [0.1, 0.15) is 0 Å². The Balaban J connectivity index is 1.70. The van der Waals surface area contributed by atoms with Crippen molar-refractivity contribution >= 4 is 15.7 Å². The fraction of sp³-hybridized carbons (Fsp3) is 0.550. The van der Waals surface area contributed by atoms with Crippen molar-refractivity contribution in [1.82, 2.24) is 15.0 Å². The molecule has 1 aliphatic heterocycles. The molecule has 0 aliphatic carbocycles. The van der Waals surface area contributed by atoms with Gasteiger partial charge >= 0.3 is 0 Å². The summed E-state index contributed by atoms with van der Waals surface area (Å²) in [5.74, 6) is 0.681. The summed E-state index contributed by atoms with van der Waals surface area (Å²) in [6.07, 6.45) is 2.22. The molecule has 1 fully saturated rings. The molecule has 2 heterocycles. The van der Waals surface area contributed by atoms with Gasteiger partial charge in [-0.1, -0.05) is 23.4 Å². The molecule has 1 aliphatic rings. The first-order valence-electron chi connectivity index (χ1n) is 9.72. The van der Waals surface area contributed by atoms with Gasteiger partial charge in [0.2, 0.25) is 11.8 Å². The number of ether oxygens (including phenoxy) is 1. The SMILES string of the molecule is COCCC1(c2noc(C)n2)CCCN(C(=O)CCS(=O)(=O)c2ccccc2)C1. The fourth-order valence-electron chi connectivity index (χ4n) is 3.78. The van der Waals surface area contributed by atoms with Gasteiger partial charge in [-0.2, -0.15) is 4.98 Å². The Morgan fingerprint density at radius 1 is 1.31 bits per heavy atom. The van der Waals surface area contributed by atoms with E-state index in [-0.39, 0.29) is 23.0 Å². The maximum absolute atomic E-state index is 12.8. The molecule has 1 aromatic carbocycles. The number of sulfone groups is 1. The van der Waals surface area contributed by atoms with Crippen molar-refractivity contribution in [2.24, 2.45) is 0 Å². The third-order valence-corrected chi connectivity index (χ3v) is 7.14. The number of carbonyl (C=O) groups is 1. The van der Waals surface area contributed by atoms with Crippen LogP contribution in [0.1, 0.15) is 37.4 Å². The molecular weight excluding hydrogens is 394 g/mol. The highest BCUT2D eigenvalue weighted by Gasteiger charge is 2.42. The molecule has 1 amide bonds. The first-order valence-corrected chi connectivity index (χ1v) is 11.4. The van der Waals surface area contributed by atoms with Crippen LogP contribution in [0.15, 0.2) is 39.8 Å². The summed E-state index contributed by atoms with van der Waals surface area (Å²) in [5, 5.41) is 4.11. The number of amides is 1. The lowest BCUT2D eigenvalue weighted by molar-refractivity contribution is -0.133. The second-order valence-corrected chi connectivity index (χ2v) is 9.57. The third kappa shape index (κ3) is 5.02. The van der Waals surface area contributed by atoms with Crippen molar-refractivity contribution in [3.05, 3.63) is 42.0 Å². The summed E-state index contributed by atoms with van der Waals surface area (Å²) >= 11 is 0. The van der Waals surface area contributed by atoms with Gasteiger partial charge in [0.25, 0.3) is 0 Å². The molecule has 0 saturated carbocycles. The number of hydrogen-bond donors (Lipinski definition) is 0. The second kappa shape index (κ2) is 9.04. The highest BCUT2D eigenvalue weighted by atomic mass is 32.2. The van der Waals surface area contributed by atoms with Crippen molar-refractivity contribution in [3.8, 4) is 0 Å². The van der Waals surface area contributed by atoms with E-state index in [4.69, 9.17) is 9.26 Å². The first-order chi connectivity index (χ1) is 13.9. The summed E-state index contributed by atoms with van der Waals surface area (Å²) in [4.78, 5) is 19.2. The van der Waals surface area contributed by atoms with Gasteiger partial charge in [0.05, 0.1) is 16.1 Å². The maximum Gasteiger partial charge on any atom is 0.223 e. The molecule has 0 bridgehead atoms. The second-order valence-electron chi connectivity index (χ2n) is 7.46. The average molecular weight is 422 g/mol. The first kappa shape index (κ1) is 21.4. The molecule has 0 radical (unpaired) electrons. The van der Waals surface area contributed by atoms with Crippen molar-refractivity contribution < 1.29 is 22.5 Å². The van der Waals surface area contributed by atoms with E-state index < -0.39 is 15.3 Å². The van der Waals surface area contributed by atoms with E-state index >= 15 is 0 Å². The zero-order valence-electron chi connectivity index (χ0n) is 16.8. The fourth-order valence-corrected chi connectivity index (χ4v) is 5.03. The van der Waals surface area contributed by atoms with Crippen molar-refractivity contribution in [2.75, 3.05) is 32.6 Å². The number of rotatable bonds is 8. The van der Waals surface area contributed by atoms with E-state index in [1.807, 2.05) is 0 Å². The van der Waals surface area contributed by atoms with Crippen LogP contribution in [0.25, 0.3) is 0 Å². The molecule has 1 aromatic heterocycles. The Morgan fingerprint density at radius 2 is 2.07 bits per heavy atom. The molecule has 158 valence electrons. The summed E-state index contributed by atoms with van der Waals surface area (Å²) in [6, 6.07) is 8.22. The predicted molar refractivity (Wildman–Crippen MR) is 106 cm³/mol. The predicted octanol–water partition coefficient (Wildman–Crippen LogP) is 2.14. The molecule has 2 aromatic rings. The van der Waals surface area contributed by atoms with Crippen molar-refractivity contribution in [2.45, 2.75) is 42.9 Å². The smallest absolute Gasteiger partial charge is 0.223 e. The standard InChI is InChI=1S/C20H27N3O5S/c1-16-21-19(22-28-16)20(11-13-27-2)10-6-12-23(15-20)18(24)9-14-29(25,26)17-7-4-3-5-8-17/h3-5,7-8H,6,9-15H2,1-2H3. The normalized spacial score (nSPS) is 20.0. The molecule has 1 atom stereocenters.